The minimum absolute atomic E-state index is 0.0669. The maximum atomic E-state index is 10.9. The van der Waals surface area contributed by atoms with Crippen LogP contribution in [-0.4, -0.2) is 19.1 Å². The molecule has 1 saturated carbocycles. The molecule has 1 aromatic rings. The summed E-state index contributed by atoms with van der Waals surface area (Å²) in [6.45, 7) is 3.20. The molecule has 1 amide bonds. The fraction of sp³-hybridized carbons (Fsp3) is 0.500. The largest absolute Gasteiger partial charge is 0.493 e. The summed E-state index contributed by atoms with van der Waals surface area (Å²) in [5.41, 5.74) is 2.83. The fourth-order valence-corrected chi connectivity index (χ4v) is 2.72. The van der Waals surface area contributed by atoms with E-state index in [1.165, 1.54) is 17.5 Å². The van der Waals surface area contributed by atoms with Gasteiger partial charge in [0.2, 0.25) is 5.91 Å². The summed E-state index contributed by atoms with van der Waals surface area (Å²) in [5, 5.41) is 2.90. The molecule has 2 unspecified atom stereocenters. The summed E-state index contributed by atoms with van der Waals surface area (Å²) < 4.78 is 5.58. The molecule has 3 nitrogen and oxygen atoms in total. The van der Waals surface area contributed by atoms with E-state index in [0.717, 1.165) is 25.3 Å². The molecule has 0 spiro atoms. The van der Waals surface area contributed by atoms with Gasteiger partial charge in [-0.3, -0.25) is 4.79 Å². The zero-order chi connectivity index (χ0) is 11.8. The molecule has 17 heavy (non-hydrogen) atoms. The van der Waals surface area contributed by atoms with Gasteiger partial charge in [-0.15, -0.1) is 0 Å². The number of benzene rings is 1. The van der Waals surface area contributed by atoms with Gasteiger partial charge in [0.05, 0.1) is 6.61 Å². The summed E-state index contributed by atoms with van der Waals surface area (Å²) in [4.78, 5) is 10.9. The molecule has 1 fully saturated rings. The van der Waals surface area contributed by atoms with Crippen LogP contribution < -0.4 is 10.1 Å². The third-order valence-corrected chi connectivity index (χ3v) is 3.71. The Kier molecular flexibility index (Phi) is 2.54. The van der Waals surface area contributed by atoms with E-state index >= 15 is 0 Å². The number of carbonyl (C=O) groups excluding carboxylic acids is 1. The van der Waals surface area contributed by atoms with E-state index in [1.807, 2.05) is 0 Å². The molecule has 0 saturated heterocycles. The van der Waals surface area contributed by atoms with Crippen molar-refractivity contribution in [3.8, 4) is 5.75 Å². The smallest absolute Gasteiger partial charge is 0.216 e. The highest BCUT2D eigenvalue weighted by molar-refractivity contribution is 5.72. The lowest BCUT2D eigenvalue weighted by atomic mass is 10.00. The molecule has 1 aliphatic carbocycles. The normalized spacial score (nSPS) is 25.0. The van der Waals surface area contributed by atoms with Crippen LogP contribution in [0.2, 0.25) is 0 Å². The molecular weight excluding hydrogens is 214 g/mol. The van der Waals surface area contributed by atoms with Gasteiger partial charge in [0.25, 0.3) is 0 Å². The second kappa shape index (κ2) is 4.06. The highest BCUT2D eigenvalue weighted by Gasteiger charge is 2.40. The summed E-state index contributed by atoms with van der Waals surface area (Å²) in [6, 6.07) is 6.34. The van der Waals surface area contributed by atoms with Gasteiger partial charge in [-0.25, -0.2) is 0 Å². The van der Waals surface area contributed by atoms with Crippen LogP contribution in [-0.2, 0) is 11.2 Å². The summed E-state index contributed by atoms with van der Waals surface area (Å²) >= 11 is 0. The molecule has 0 bridgehead atoms. The Hall–Kier alpha value is -1.51. The molecule has 2 aliphatic rings. The Morgan fingerprint density at radius 3 is 3.24 bits per heavy atom. The van der Waals surface area contributed by atoms with E-state index in [1.54, 1.807) is 6.92 Å². The molecule has 0 radical (unpaired) electrons. The Labute approximate surface area is 101 Å². The first kappa shape index (κ1) is 10.6. The molecule has 2 atom stereocenters. The van der Waals surface area contributed by atoms with Gasteiger partial charge in [0.1, 0.15) is 5.75 Å². The van der Waals surface area contributed by atoms with Crippen LogP contribution in [0.4, 0.5) is 0 Å². The molecule has 90 valence electrons. The second-order valence-electron chi connectivity index (χ2n) is 4.96. The van der Waals surface area contributed by atoms with Crippen LogP contribution in [0.1, 0.15) is 30.4 Å². The number of fused-ring (bicyclic) bond motifs is 1. The first-order valence-corrected chi connectivity index (χ1v) is 6.24. The van der Waals surface area contributed by atoms with Gasteiger partial charge in [0, 0.05) is 25.5 Å². The lowest BCUT2D eigenvalue weighted by Crippen LogP contribution is -2.22. The standard InChI is InChI=1S/C14H17NO2/c1-9(16)15-8-10-7-13(10)11-3-2-4-14-12(11)5-6-17-14/h2-4,10,13H,5-8H2,1H3,(H,15,16). The molecule has 1 N–H and O–H groups in total. The Balaban J connectivity index is 1.71. The SMILES string of the molecule is CC(=O)NCC1CC1c1cccc2c1CCO2. The summed E-state index contributed by atoms with van der Waals surface area (Å²) in [6.07, 6.45) is 2.23. The van der Waals surface area contributed by atoms with Gasteiger partial charge >= 0.3 is 0 Å². The molecule has 3 rings (SSSR count). The van der Waals surface area contributed by atoms with E-state index in [4.69, 9.17) is 4.74 Å². The number of hydrogen-bond donors (Lipinski definition) is 1. The average Bonchev–Trinajstić information content (AvgIpc) is 2.92. The van der Waals surface area contributed by atoms with Crippen molar-refractivity contribution in [2.45, 2.75) is 25.7 Å². The van der Waals surface area contributed by atoms with Gasteiger partial charge < -0.3 is 10.1 Å². The van der Waals surface area contributed by atoms with Crippen LogP contribution in [0, 0.1) is 5.92 Å². The van der Waals surface area contributed by atoms with Crippen molar-refractivity contribution in [1.29, 1.82) is 0 Å². The molecular formula is C14H17NO2. The molecule has 1 aromatic carbocycles. The van der Waals surface area contributed by atoms with Crippen LogP contribution in [0.15, 0.2) is 18.2 Å². The minimum Gasteiger partial charge on any atom is -0.493 e. The minimum atomic E-state index is 0.0669. The van der Waals surface area contributed by atoms with Gasteiger partial charge in [-0.05, 0) is 29.9 Å². The number of nitrogens with one attached hydrogen (secondary N) is 1. The van der Waals surface area contributed by atoms with E-state index in [2.05, 4.69) is 23.5 Å². The fourth-order valence-electron chi connectivity index (χ4n) is 2.72. The molecule has 3 heteroatoms. The van der Waals surface area contributed by atoms with E-state index in [0.29, 0.717) is 11.8 Å². The molecule has 1 heterocycles. The molecule has 1 aliphatic heterocycles. The van der Waals surface area contributed by atoms with Gasteiger partial charge in [-0.2, -0.15) is 0 Å². The van der Waals surface area contributed by atoms with Gasteiger partial charge in [0.15, 0.2) is 0 Å². The first-order chi connectivity index (χ1) is 8.25. The van der Waals surface area contributed by atoms with Crippen molar-refractivity contribution in [1.82, 2.24) is 5.32 Å². The molecule has 0 aromatic heterocycles. The van der Waals surface area contributed by atoms with E-state index in [9.17, 15) is 4.79 Å². The zero-order valence-corrected chi connectivity index (χ0v) is 10.0. The van der Waals surface area contributed by atoms with E-state index < -0.39 is 0 Å². The van der Waals surface area contributed by atoms with Crippen molar-refractivity contribution in [3.63, 3.8) is 0 Å². The predicted octanol–water partition coefficient (Wildman–Crippen LogP) is 1.86. The van der Waals surface area contributed by atoms with Crippen molar-refractivity contribution >= 4 is 5.91 Å². The van der Waals surface area contributed by atoms with Crippen molar-refractivity contribution < 1.29 is 9.53 Å². The van der Waals surface area contributed by atoms with Crippen molar-refractivity contribution in [2.24, 2.45) is 5.92 Å². The first-order valence-electron chi connectivity index (χ1n) is 6.24. The van der Waals surface area contributed by atoms with Crippen molar-refractivity contribution in [2.75, 3.05) is 13.2 Å². The van der Waals surface area contributed by atoms with Crippen LogP contribution in [0.25, 0.3) is 0 Å². The highest BCUT2D eigenvalue weighted by Crippen LogP contribution is 2.50. The lowest BCUT2D eigenvalue weighted by Gasteiger charge is -2.06. The van der Waals surface area contributed by atoms with Gasteiger partial charge in [-0.1, -0.05) is 12.1 Å². The topological polar surface area (TPSA) is 38.3 Å². The second-order valence-corrected chi connectivity index (χ2v) is 4.96. The van der Waals surface area contributed by atoms with E-state index in [-0.39, 0.29) is 5.91 Å². The number of rotatable bonds is 3. The maximum absolute atomic E-state index is 10.9. The quantitative estimate of drug-likeness (QED) is 0.862. The summed E-state index contributed by atoms with van der Waals surface area (Å²) in [7, 11) is 0. The van der Waals surface area contributed by atoms with Crippen LogP contribution in [0.3, 0.4) is 0 Å². The zero-order valence-electron chi connectivity index (χ0n) is 10.0. The number of hydrogen-bond acceptors (Lipinski definition) is 2. The lowest BCUT2D eigenvalue weighted by molar-refractivity contribution is -0.119. The summed E-state index contributed by atoms with van der Waals surface area (Å²) in [5.74, 6) is 2.37. The Bertz CT molecular complexity index is 456. The number of carbonyl (C=O) groups is 1. The third-order valence-electron chi connectivity index (χ3n) is 3.71. The van der Waals surface area contributed by atoms with Crippen LogP contribution in [0.5, 0.6) is 5.75 Å². The third kappa shape index (κ3) is 2.02. The van der Waals surface area contributed by atoms with Crippen molar-refractivity contribution in [3.05, 3.63) is 29.3 Å². The Morgan fingerprint density at radius 1 is 1.53 bits per heavy atom. The monoisotopic (exact) mass is 231 g/mol. The maximum Gasteiger partial charge on any atom is 0.216 e. The Morgan fingerprint density at radius 2 is 2.41 bits per heavy atom. The van der Waals surface area contributed by atoms with Crippen LogP contribution >= 0.6 is 0 Å². The number of amides is 1. The number of ether oxygens (including phenoxy) is 1. The highest BCUT2D eigenvalue weighted by atomic mass is 16.5. The average molecular weight is 231 g/mol. The predicted molar refractivity (Wildman–Crippen MR) is 65.2 cm³/mol.